The third-order valence-corrected chi connectivity index (χ3v) is 5.16. The van der Waals surface area contributed by atoms with Gasteiger partial charge in [0.2, 0.25) is 5.88 Å². The van der Waals surface area contributed by atoms with E-state index in [2.05, 4.69) is 10.1 Å². The molecule has 0 aliphatic carbocycles. The first-order chi connectivity index (χ1) is 13.9. The average Bonchev–Trinajstić information content (AvgIpc) is 3.26. The summed E-state index contributed by atoms with van der Waals surface area (Å²) in [5.74, 6) is 0.165. The van der Waals surface area contributed by atoms with Crippen molar-refractivity contribution < 1.29 is 28.5 Å². The highest BCUT2D eigenvalue weighted by Crippen LogP contribution is 2.33. The number of benzene rings is 1. The van der Waals surface area contributed by atoms with E-state index in [9.17, 15) is 9.59 Å². The molecule has 0 aliphatic rings. The fraction of sp³-hybridized carbons (Fsp3) is 0.333. The van der Waals surface area contributed by atoms with Crippen LogP contribution in [0.3, 0.4) is 0 Å². The Morgan fingerprint density at radius 2 is 1.79 bits per heavy atom. The number of nitrogens with zero attached hydrogens (tertiary/aromatic N) is 4. The molecule has 0 N–H and O–H groups in total. The van der Waals surface area contributed by atoms with E-state index in [0.29, 0.717) is 21.8 Å². The summed E-state index contributed by atoms with van der Waals surface area (Å²) in [7, 11) is 7.44. The van der Waals surface area contributed by atoms with Gasteiger partial charge in [0.05, 0.1) is 38.7 Å². The van der Waals surface area contributed by atoms with Gasteiger partial charge in [-0.2, -0.15) is 4.99 Å². The number of hydrogen-bond donors (Lipinski definition) is 0. The van der Waals surface area contributed by atoms with E-state index in [-0.39, 0.29) is 18.0 Å². The van der Waals surface area contributed by atoms with Gasteiger partial charge in [0.15, 0.2) is 16.3 Å². The van der Waals surface area contributed by atoms with Crippen LogP contribution < -0.4 is 19.0 Å². The lowest BCUT2D eigenvalue weighted by Gasteiger charge is -2.09. The van der Waals surface area contributed by atoms with Crippen molar-refractivity contribution in [2.24, 2.45) is 12.0 Å². The van der Waals surface area contributed by atoms with E-state index in [1.54, 1.807) is 23.7 Å². The maximum Gasteiger partial charge on any atom is 0.325 e. The number of hydrogen-bond acceptors (Lipinski definition) is 8. The number of carbonyl (C=O) groups excluding carboxylic acids is 2. The molecule has 0 fully saturated rings. The molecule has 0 spiro atoms. The molecule has 0 unspecified atom stereocenters. The summed E-state index contributed by atoms with van der Waals surface area (Å²) in [5.41, 5.74) is 0.870. The Morgan fingerprint density at radius 1 is 1.10 bits per heavy atom. The number of aromatic nitrogens is 3. The fourth-order valence-electron chi connectivity index (χ4n) is 2.74. The summed E-state index contributed by atoms with van der Waals surface area (Å²) >= 11 is 1.23. The van der Waals surface area contributed by atoms with Gasteiger partial charge in [-0.15, -0.1) is 5.10 Å². The normalized spacial score (nSPS) is 11.6. The molecule has 0 aliphatic heterocycles. The largest absolute Gasteiger partial charge is 0.493 e. The molecule has 11 heteroatoms. The number of carbonyl (C=O) groups is 2. The van der Waals surface area contributed by atoms with Gasteiger partial charge >= 0.3 is 5.97 Å². The molecule has 2 heterocycles. The van der Waals surface area contributed by atoms with Gasteiger partial charge < -0.3 is 23.5 Å². The van der Waals surface area contributed by atoms with Crippen molar-refractivity contribution in [2.75, 3.05) is 28.4 Å². The van der Waals surface area contributed by atoms with E-state index < -0.39 is 11.9 Å². The van der Waals surface area contributed by atoms with Crippen LogP contribution in [0.1, 0.15) is 10.4 Å². The third kappa shape index (κ3) is 3.94. The average molecular weight is 420 g/mol. The van der Waals surface area contributed by atoms with Gasteiger partial charge in [0.1, 0.15) is 12.1 Å². The SMILES string of the molecule is COC(=O)Cn1c(=NC(=O)c2cn(C)nc2OC)sc2cc(OC)c(OC)cc21. The van der Waals surface area contributed by atoms with Crippen molar-refractivity contribution in [3.63, 3.8) is 0 Å². The molecule has 3 rings (SSSR count). The molecule has 0 saturated heterocycles. The summed E-state index contributed by atoms with van der Waals surface area (Å²) in [6, 6.07) is 3.49. The van der Waals surface area contributed by atoms with Crippen molar-refractivity contribution in [1.29, 1.82) is 0 Å². The first-order valence-electron chi connectivity index (χ1n) is 8.40. The molecule has 29 heavy (non-hydrogen) atoms. The van der Waals surface area contributed by atoms with Crippen LogP contribution in [0.15, 0.2) is 23.3 Å². The number of rotatable bonds is 6. The lowest BCUT2D eigenvalue weighted by atomic mass is 10.3. The molecule has 0 saturated carbocycles. The molecule has 0 bridgehead atoms. The topological polar surface area (TPSA) is 106 Å². The van der Waals surface area contributed by atoms with Crippen molar-refractivity contribution in [2.45, 2.75) is 6.54 Å². The number of esters is 1. The molecule has 0 radical (unpaired) electrons. The van der Waals surface area contributed by atoms with E-state index in [4.69, 9.17) is 18.9 Å². The third-order valence-electron chi connectivity index (χ3n) is 4.12. The lowest BCUT2D eigenvalue weighted by molar-refractivity contribution is -0.141. The molecule has 0 atom stereocenters. The number of ether oxygens (including phenoxy) is 4. The van der Waals surface area contributed by atoms with Gasteiger partial charge in [0.25, 0.3) is 5.91 Å². The number of aryl methyl sites for hydroxylation is 1. The number of methoxy groups -OCH3 is 4. The maximum atomic E-state index is 12.8. The minimum Gasteiger partial charge on any atom is -0.493 e. The van der Waals surface area contributed by atoms with Gasteiger partial charge in [0, 0.05) is 25.4 Å². The first-order valence-corrected chi connectivity index (χ1v) is 9.22. The Bertz CT molecular complexity index is 1140. The highest BCUT2D eigenvalue weighted by atomic mass is 32.1. The van der Waals surface area contributed by atoms with Crippen LogP contribution in [0, 0.1) is 0 Å². The zero-order valence-corrected chi connectivity index (χ0v) is 17.4. The summed E-state index contributed by atoms with van der Waals surface area (Å²) < 4.78 is 24.4. The first kappa shape index (κ1) is 20.4. The van der Waals surface area contributed by atoms with E-state index in [1.165, 1.54) is 50.7 Å². The van der Waals surface area contributed by atoms with Crippen LogP contribution in [0.5, 0.6) is 17.4 Å². The maximum absolute atomic E-state index is 12.8. The molecule has 154 valence electrons. The minimum absolute atomic E-state index is 0.123. The quantitative estimate of drug-likeness (QED) is 0.555. The monoisotopic (exact) mass is 420 g/mol. The summed E-state index contributed by atoms with van der Waals surface area (Å²) in [6.45, 7) is -0.123. The Kier molecular flexibility index (Phi) is 5.87. The fourth-order valence-corrected chi connectivity index (χ4v) is 3.78. The molecule has 1 aromatic carbocycles. The zero-order chi connectivity index (χ0) is 21.1. The smallest absolute Gasteiger partial charge is 0.325 e. The second kappa shape index (κ2) is 8.35. The van der Waals surface area contributed by atoms with Gasteiger partial charge in [-0.1, -0.05) is 11.3 Å². The number of amides is 1. The molecular weight excluding hydrogens is 400 g/mol. The van der Waals surface area contributed by atoms with Crippen LogP contribution in [0.2, 0.25) is 0 Å². The highest BCUT2D eigenvalue weighted by molar-refractivity contribution is 7.16. The molecule has 3 aromatic rings. The Labute approximate surface area is 169 Å². The number of thiazole rings is 1. The van der Waals surface area contributed by atoms with Crippen molar-refractivity contribution in [3.05, 3.63) is 28.7 Å². The van der Waals surface area contributed by atoms with Gasteiger partial charge in [-0.05, 0) is 0 Å². The van der Waals surface area contributed by atoms with Crippen LogP contribution in [0.25, 0.3) is 10.2 Å². The summed E-state index contributed by atoms with van der Waals surface area (Å²) in [5, 5.41) is 4.07. The van der Waals surface area contributed by atoms with E-state index in [1.807, 2.05) is 0 Å². The predicted molar refractivity (Wildman–Crippen MR) is 105 cm³/mol. The van der Waals surface area contributed by atoms with Crippen LogP contribution in [0.4, 0.5) is 0 Å². The van der Waals surface area contributed by atoms with Gasteiger partial charge in [-0.25, -0.2) is 0 Å². The second-order valence-corrected chi connectivity index (χ2v) is 6.87. The van der Waals surface area contributed by atoms with Crippen LogP contribution in [-0.4, -0.2) is 54.7 Å². The Balaban J connectivity index is 2.21. The van der Waals surface area contributed by atoms with Crippen molar-refractivity contribution in [3.8, 4) is 17.4 Å². The van der Waals surface area contributed by atoms with Crippen LogP contribution >= 0.6 is 11.3 Å². The highest BCUT2D eigenvalue weighted by Gasteiger charge is 2.19. The van der Waals surface area contributed by atoms with E-state index >= 15 is 0 Å². The lowest BCUT2D eigenvalue weighted by Crippen LogP contribution is -2.22. The number of fused-ring (bicyclic) bond motifs is 1. The Hall–Kier alpha value is -3.34. The molecular formula is C18H20N4O6S. The standard InChI is InChI=1S/C18H20N4O6S/c1-21-8-10(17(20-21)28-5)16(24)19-18-22(9-15(23)27-4)11-6-12(25-2)13(26-3)7-14(11)29-18/h6-8H,9H2,1-5H3. The second-order valence-electron chi connectivity index (χ2n) is 5.86. The van der Waals surface area contributed by atoms with Crippen LogP contribution in [-0.2, 0) is 23.1 Å². The Morgan fingerprint density at radius 3 is 2.41 bits per heavy atom. The molecule has 2 aromatic heterocycles. The predicted octanol–water partition coefficient (Wildman–Crippen LogP) is 1.38. The summed E-state index contributed by atoms with van der Waals surface area (Å²) in [4.78, 5) is 29.2. The molecule has 10 nitrogen and oxygen atoms in total. The van der Waals surface area contributed by atoms with Crippen molar-refractivity contribution >= 4 is 33.4 Å². The summed E-state index contributed by atoms with van der Waals surface area (Å²) in [6.07, 6.45) is 1.52. The zero-order valence-electron chi connectivity index (χ0n) is 16.6. The van der Waals surface area contributed by atoms with Crippen molar-refractivity contribution in [1.82, 2.24) is 14.3 Å². The minimum atomic E-state index is -0.543. The van der Waals surface area contributed by atoms with E-state index in [0.717, 1.165) is 4.70 Å². The van der Waals surface area contributed by atoms with Gasteiger partial charge in [-0.3, -0.25) is 14.3 Å². The molecule has 1 amide bonds.